The maximum atomic E-state index is 10.1. The summed E-state index contributed by atoms with van der Waals surface area (Å²) in [5, 5.41) is 10.1. The summed E-state index contributed by atoms with van der Waals surface area (Å²) in [6, 6.07) is 2.86. The third kappa shape index (κ3) is 4.43. The molecule has 164 valence electrons. The zero-order chi connectivity index (χ0) is 20.3. The van der Waals surface area contributed by atoms with E-state index in [1.807, 2.05) is 0 Å². The Kier molecular flexibility index (Phi) is 7.30. The lowest BCUT2D eigenvalue weighted by molar-refractivity contribution is -0.0717. The summed E-state index contributed by atoms with van der Waals surface area (Å²) in [5.41, 5.74) is 0.0377. The van der Waals surface area contributed by atoms with Crippen LogP contribution in [0.5, 0.6) is 0 Å². The molecule has 0 heterocycles. The first-order chi connectivity index (χ1) is 14.2. The Bertz CT molecular complexity index is 559. The predicted octanol–water partition coefficient (Wildman–Crippen LogP) is 8.54. The van der Waals surface area contributed by atoms with Crippen molar-refractivity contribution in [3.05, 3.63) is 0 Å². The van der Waals surface area contributed by atoms with E-state index in [9.17, 15) is 5.26 Å². The van der Waals surface area contributed by atoms with Gasteiger partial charge in [0.2, 0.25) is 0 Å². The summed E-state index contributed by atoms with van der Waals surface area (Å²) >= 11 is 0. The van der Waals surface area contributed by atoms with Crippen LogP contribution in [0.4, 0.5) is 0 Å². The average molecular weight is 398 g/mol. The molecule has 0 radical (unpaired) electrons. The molecule has 4 fully saturated rings. The van der Waals surface area contributed by atoms with Gasteiger partial charge in [0.25, 0.3) is 0 Å². The Labute approximate surface area is 181 Å². The summed E-state index contributed by atoms with van der Waals surface area (Å²) in [6.45, 7) is 4.68. The molecule has 1 nitrogen and oxygen atoms in total. The number of rotatable bonds is 7. The fourth-order valence-corrected chi connectivity index (χ4v) is 8.98. The monoisotopic (exact) mass is 397 g/mol. The number of nitrogens with zero attached hydrogens (tertiary/aromatic N) is 1. The van der Waals surface area contributed by atoms with Crippen molar-refractivity contribution in [3.63, 3.8) is 0 Å². The Hall–Kier alpha value is -0.510. The van der Waals surface area contributed by atoms with Gasteiger partial charge in [0, 0.05) is 0 Å². The average Bonchev–Trinajstić information content (AvgIpc) is 2.76. The molecule has 4 saturated carbocycles. The smallest absolute Gasteiger partial charge is 0.0689 e. The summed E-state index contributed by atoms with van der Waals surface area (Å²) in [4.78, 5) is 0. The van der Waals surface area contributed by atoms with E-state index in [-0.39, 0.29) is 5.41 Å². The molecule has 0 saturated heterocycles. The molecule has 4 rings (SSSR count). The van der Waals surface area contributed by atoms with Gasteiger partial charge >= 0.3 is 0 Å². The van der Waals surface area contributed by atoms with Crippen LogP contribution < -0.4 is 0 Å². The Morgan fingerprint density at radius 1 is 0.759 bits per heavy atom. The molecule has 6 unspecified atom stereocenters. The molecule has 0 bridgehead atoms. The fraction of sp³-hybridized carbons (Fsp3) is 0.964. The normalized spacial score (nSPS) is 44.2. The molecule has 0 aromatic carbocycles. The Morgan fingerprint density at radius 2 is 1.52 bits per heavy atom. The van der Waals surface area contributed by atoms with Gasteiger partial charge in [0.15, 0.2) is 0 Å². The maximum Gasteiger partial charge on any atom is 0.0689 e. The highest BCUT2D eigenvalue weighted by atomic mass is 14.6. The van der Waals surface area contributed by atoms with Gasteiger partial charge in [-0.3, -0.25) is 0 Å². The number of fused-ring (bicyclic) bond motifs is 5. The van der Waals surface area contributed by atoms with Crippen molar-refractivity contribution < 1.29 is 0 Å². The van der Waals surface area contributed by atoms with Crippen LogP contribution in [0.15, 0.2) is 0 Å². The van der Waals surface area contributed by atoms with E-state index in [0.29, 0.717) is 0 Å². The van der Waals surface area contributed by atoms with Crippen LogP contribution in [0.3, 0.4) is 0 Å². The molecule has 0 aliphatic heterocycles. The van der Waals surface area contributed by atoms with Crippen molar-refractivity contribution in [2.24, 2.45) is 46.8 Å². The first-order valence-corrected chi connectivity index (χ1v) is 13.6. The lowest BCUT2D eigenvalue weighted by Gasteiger charge is -2.57. The molecule has 8 atom stereocenters. The van der Waals surface area contributed by atoms with Crippen molar-refractivity contribution in [1.82, 2.24) is 0 Å². The summed E-state index contributed by atoms with van der Waals surface area (Å²) < 4.78 is 0. The second-order valence-corrected chi connectivity index (χ2v) is 11.7. The minimum atomic E-state index is 0.0377. The highest BCUT2D eigenvalue weighted by molar-refractivity contribution is 5.07. The van der Waals surface area contributed by atoms with Gasteiger partial charge in [-0.25, -0.2) is 0 Å². The van der Waals surface area contributed by atoms with Crippen LogP contribution in [-0.4, -0.2) is 0 Å². The van der Waals surface area contributed by atoms with E-state index in [1.54, 1.807) is 12.8 Å². The minimum absolute atomic E-state index is 0.0377. The molecule has 4 aliphatic rings. The second-order valence-electron chi connectivity index (χ2n) is 11.7. The van der Waals surface area contributed by atoms with Gasteiger partial charge < -0.3 is 0 Å². The minimum Gasteiger partial charge on any atom is -0.198 e. The van der Waals surface area contributed by atoms with E-state index >= 15 is 0 Å². The first kappa shape index (κ1) is 21.7. The second kappa shape index (κ2) is 9.75. The number of unbranched alkanes of at least 4 members (excludes halogenated alkanes) is 3. The largest absolute Gasteiger partial charge is 0.198 e. The number of nitriles is 1. The molecule has 0 spiro atoms. The van der Waals surface area contributed by atoms with Gasteiger partial charge in [-0.1, -0.05) is 65.2 Å². The van der Waals surface area contributed by atoms with Crippen molar-refractivity contribution >= 4 is 0 Å². The maximum absolute atomic E-state index is 10.1. The van der Waals surface area contributed by atoms with Gasteiger partial charge in [0.1, 0.15) is 0 Å². The Morgan fingerprint density at radius 3 is 2.31 bits per heavy atom. The standard InChI is InChI=1S/C28H47N/c1-3-5-6-7-17-28(20-29)18-16-24-22(19-28)12-13-27-25-11-8-10-21(9-4-2)23(25)14-15-26(24)27/h21-27H,3-19H2,1-2H3/t21-,22?,23?,24?,25?,26?,27?,28-/m0/s1. The van der Waals surface area contributed by atoms with Crippen LogP contribution in [0.25, 0.3) is 0 Å². The van der Waals surface area contributed by atoms with E-state index in [0.717, 1.165) is 41.4 Å². The van der Waals surface area contributed by atoms with Crippen LogP contribution in [0.1, 0.15) is 123 Å². The third-order valence-electron chi connectivity index (χ3n) is 10.2. The van der Waals surface area contributed by atoms with E-state index in [2.05, 4.69) is 19.9 Å². The zero-order valence-electron chi connectivity index (χ0n) is 19.5. The summed E-state index contributed by atoms with van der Waals surface area (Å²) in [6.07, 6.45) is 23.8. The molecule has 0 amide bonds. The molecule has 1 heteroatoms. The van der Waals surface area contributed by atoms with E-state index in [4.69, 9.17) is 0 Å². The molecule has 0 N–H and O–H groups in total. The van der Waals surface area contributed by atoms with Crippen molar-refractivity contribution in [3.8, 4) is 6.07 Å². The van der Waals surface area contributed by atoms with Crippen molar-refractivity contribution in [1.29, 1.82) is 5.26 Å². The molecule has 4 aliphatic carbocycles. The van der Waals surface area contributed by atoms with Gasteiger partial charge in [-0.15, -0.1) is 0 Å². The predicted molar refractivity (Wildman–Crippen MR) is 122 cm³/mol. The molecule has 29 heavy (non-hydrogen) atoms. The van der Waals surface area contributed by atoms with Crippen LogP contribution in [-0.2, 0) is 0 Å². The molecule has 0 aromatic rings. The number of hydrogen-bond donors (Lipinski definition) is 0. The SMILES string of the molecule is CCCCCC[C@]1(C#N)CCC2C(CCC3C2CCC2C3CCC[C@@H]2CCC)C1. The summed E-state index contributed by atoms with van der Waals surface area (Å²) in [5.74, 6) is 7.11. The molecule has 0 aromatic heterocycles. The van der Waals surface area contributed by atoms with Crippen LogP contribution >= 0.6 is 0 Å². The van der Waals surface area contributed by atoms with Crippen LogP contribution in [0.2, 0.25) is 0 Å². The van der Waals surface area contributed by atoms with Gasteiger partial charge in [-0.05, 0) is 99.2 Å². The van der Waals surface area contributed by atoms with Crippen molar-refractivity contribution in [2.45, 2.75) is 123 Å². The Balaban J connectivity index is 1.39. The highest BCUT2D eigenvalue weighted by Crippen LogP contribution is 2.60. The fourth-order valence-electron chi connectivity index (χ4n) is 8.98. The molecular formula is C28H47N. The lowest BCUT2D eigenvalue weighted by atomic mass is 9.48. The zero-order valence-corrected chi connectivity index (χ0v) is 19.5. The molecular weight excluding hydrogens is 350 g/mol. The van der Waals surface area contributed by atoms with Gasteiger partial charge in [-0.2, -0.15) is 5.26 Å². The van der Waals surface area contributed by atoms with Crippen LogP contribution in [0, 0.1) is 58.2 Å². The van der Waals surface area contributed by atoms with Gasteiger partial charge in [0.05, 0.1) is 11.5 Å². The number of hydrogen-bond acceptors (Lipinski definition) is 1. The van der Waals surface area contributed by atoms with Crippen molar-refractivity contribution in [2.75, 3.05) is 0 Å². The first-order valence-electron chi connectivity index (χ1n) is 13.6. The topological polar surface area (TPSA) is 23.8 Å². The summed E-state index contributed by atoms with van der Waals surface area (Å²) in [7, 11) is 0. The highest BCUT2D eigenvalue weighted by Gasteiger charge is 2.52. The lowest BCUT2D eigenvalue weighted by Crippen LogP contribution is -2.49. The van der Waals surface area contributed by atoms with E-state index in [1.165, 1.54) is 96.3 Å². The third-order valence-corrected chi connectivity index (χ3v) is 10.2. The van der Waals surface area contributed by atoms with E-state index < -0.39 is 0 Å². The quantitative estimate of drug-likeness (QED) is 0.395.